The second-order valence-electron chi connectivity index (χ2n) is 7.28. The highest BCUT2D eigenvalue weighted by atomic mass is 16.5. The van der Waals surface area contributed by atoms with Crippen molar-refractivity contribution in [1.29, 1.82) is 0 Å². The van der Waals surface area contributed by atoms with Gasteiger partial charge < -0.3 is 19.4 Å². The lowest BCUT2D eigenvalue weighted by Crippen LogP contribution is -2.35. The SMILES string of the molecule is COc1cc2c(cc1OC)[C@@H](NC(=O)[C@H](CC(C)C)n1cccc1)CC2. The third-order valence-corrected chi connectivity index (χ3v) is 5.02. The summed E-state index contributed by atoms with van der Waals surface area (Å²) in [5.74, 6) is 1.95. The molecule has 5 heteroatoms. The molecule has 1 amide bonds. The minimum Gasteiger partial charge on any atom is -0.493 e. The van der Waals surface area contributed by atoms with Gasteiger partial charge in [-0.1, -0.05) is 13.8 Å². The van der Waals surface area contributed by atoms with E-state index in [0.29, 0.717) is 11.7 Å². The van der Waals surface area contributed by atoms with Gasteiger partial charge in [-0.25, -0.2) is 0 Å². The second-order valence-corrected chi connectivity index (χ2v) is 7.28. The first-order chi connectivity index (χ1) is 12.5. The Hall–Kier alpha value is -2.43. The number of ether oxygens (including phenoxy) is 2. The third-order valence-electron chi connectivity index (χ3n) is 5.02. The van der Waals surface area contributed by atoms with E-state index in [1.165, 1.54) is 5.56 Å². The Labute approximate surface area is 155 Å². The lowest BCUT2D eigenvalue weighted by atomic mass is 10.0. The molecule has 2 aromatic rings. The molecule has 1 aromatic heterocycles. The van der Waals surface area contributed by atoms with Crippen molar-refractivity contribution in [3.05, 3.63) is 47.8 Å². The number of carbonyl (C=O) groups excluding carboxylic acids is 1. The van der Waals surface area contributed by atoms with Crippen molar-refractivity contribution in [2.75, 3.05) is 14.2 Å². The number of aryl methyl sites for hydroxylation is 1. The summed E-state index contributed by atoms with van der Waals surface area (Å²) in [5, 5.41) is 3.26. The van der Waals surface area contributed by atoms with Crippen LogP contribution in [0.3, 0.4) is 0 Å². The highest BCUT2D eigenvalue weighted by Gasteiger charge is 2.29. The number of carbonyl (C=O) groups is 1. The van der Waals surface area contributed by atoms with Crippen LogP contribution < -0.4 is 14.8 Å². The minimum atomic E-state index is -0.186. The highest BCUT2D eigenvalue weighted by Crippen LogP contribution is 2.39. The molecule has 140 valence electrons. The summed E-state index contributed by atoms with van der Waals surface area (Å²) in [4.78, 5) is 13.0. The lowest BCUT2D eigenvalue weighted by molar-refractivity contribution is -0.125. The van der Waals surface area contributed by atoms with Gasteiger partial charge in [0.2, 0.25) is 5.91 Å². The number of fused-ring (bicyclic) bond motifs is 1. The van der Waals surface area contributed by atoms with Gasteiger partial charge in [0.25, 0.3) is 0 Å². The van der Waals surface area contributed by atoms with Crippen LogP contribution in [-0.4, -0.2) is 24.7 Å². The minimum absolute atomic E-state index is 0.0162. The smallest absolute Gasteiger partial charge is 0.243 e. The van der Waals surface area contributed by atoms with Crippen molar-refractivity contribution >= 4 is 5.91 Å². The summed E-state index contributed by atoms with van der Waals surface area (Å²) >= 11 is 0. The van der Waals surface area contributed by atoms with E-state index in [9.17, 15) is 4.79 Å². The van der Waals surface area contributed by atoms with Crippen LogP contribution in [0, 0.1) is 5.92 Å². The fourth-order valence-electron chi connectivity index (χ4n) is 3.72. The topological polar surface area (TPSA) is 52.5 Å². The fraction of sp³-hybridized carbons (Fsp3) is 0.476. The molecule has 1 aliphatic rings. The zero-order valence-corrected chi connectivity index (χ0v) is 16.0. The Morgan fingerprint density at radius 2 is 1.85 bits per heavy atom. The van der Waals surface area contributed by atoms with Crippen LogP contribution in [0.25, 0.3) is 0 Å². The molecule has 0 saturated carbocycles. The number of benzene rings is 1. The molecule has 3 rings (SSSR count). The van der Waals surface area contributed by atoms with E-state index in [0.717, 1.165) is 30.6 Å². The van der Waals surface area contributed by atoms with Gasteiger partial charge in [-0.2, -0.15) is 0 Å². The van der Waals surface area contributed by atoms with Crippen molar-refractivity contribution in [1.82, 2.24) is 9.88 Å². The van der Waals surface area contributed by atoms with Crippen molar-refractivity contribution < 1.29 is 14.3 Å². The summed E-state index contributed by atoms with van der Waals surface area (Å²) < 4.78 is 12.8. The maximum atomic E-state index is 13.0. The number of aromatic nitrogens is 1. The molecule has 0 bridgehead atoms. The van der Waals surface area contributed by atoms with Crippen LogP contribution in [0.5, 0.6) is 11.5 Å². The van der Waals surface area contributed by atoms with Crippen molar-refractivity contribution in [2.45, 2.75) is 45.2 Å². The quantitative estimate of drug-likeness (QED) is 0.819. The molecule has 0 saturated heterocycles. The van der Waals surface area contributed by atoms with Gasteiger partial charge in [0.05, 0.1) is 20.3 Å². The van der Waals surface area contributed by atoms with E-state index in [4.69, 9.17) is 9.47 Å². The van der Waals surface area contributed by atoms with E-state index in [2.05, 4.69) is 19.2 Å². The van der Waals surface area contributed by atoms with Crippen molar-refractivity contribution in [2.24, 2.45) is 5.92 Å². The first kappa shape index (κ1) is 18.4. The molecule has 2 atom stereocenters. The van der Waals surface area contributed by atoms with Crippen LogP contribution in [0.2, 0.25) is 0 Å². The number of hydrogen-bond acceptors (Lipinski definition) is 3. The molecule has 0 spiro atoms. The van der Waals surface area contributed by atoms with E-state index >= 15 is 0 Å². The van der Waals surface area contributed by atoms with E-state index in [1.807, 2.05) is 41.2 Å². The molecular weight excluding hydrogens is 328 g/mol. The van der Waals surface area contributed by atoms with Gasteiger partial charge in [-0.05, 0) is 60.6 Å². The van der Waals surface area contributed by atoms with Crippen LogP contribution in [0.15, 0.2) is 36.7 Å². The molecule has 1 heterocycles. The van der Waals surface area contributed by atoms with Crippen LogP contribution in [0.1, 0.15) is 49.9 Å². The zero-order valence-electron chi connectivity index (χ0n) is 16.0. The summed E-state index contributed by atoms with van der Waals surface area (Å²) in [6.45, 7) is 4.29. The largest absolute Gasteiger partial charge is 0.493 e. The first-order valence-electron chi connectivity index (χ1n) is 9.21. The molecule has 0 unspecified atom stereocenters. The van der Waals surface area contributed by atoms with Gasteiger partial charge in [0, 0.05) is 12.4 Å². The maximum Gasteiger partial charge on any atom is 0.243 e. The van der Waals surface area contributed by atoms with Gasteiger partial charge in [0.15, 0.2) is 11.5 Å². The van der Waals surface area contributed by atoms with Gasteiger partial charge in [-0.3, -0.25) is 4.79 Å². The molecular formula is C21H28N2O3. The van der Waals surface area contributed by atoms with Crippen molar-refractivity contribution in [3.8, 4) is 11.5 Å². The van der Waals surface area contributed by atoms with E-state index in [-0.39, 0.29) is 18.0 Å². The number of amides is 1. The van der Waals surface area contributed by atoms with E-state index in [1.54, 1.807) is 14.2 Å². The molecule has 1 N–H and O–H groups in total. The molecule has 5 nitrogen and oxygen atoms in total. The normalized spacial score (nSPS) is 17.0. The Kier molecular flexibility index (Phi) is 5.55. The maximum absolute atomic E-state index is 13.0. The van der Waals surface area contributed by atoms with Crippen LogP contribution in [0.4, 0.5) is 0 Å². The van der Waals surface area contributed by atoms with Crippen LogP contribution >= 0.6 is 0 Å². The number of methoxy groups -OCH3 is 2. The molecule has 1 aliphatic carbocycles. The Balaban J connectivity index is 1.80. The van der Waals surface area contributed by atoms with Gasteiger partial charge in [-0.15, -0.1) is 0 Å². The average molecular weight is 356 g/mol. The van der Waals surface area contributed by atoms with Crippen molar-refractivity contribution in [3.63, 3.8) is 0 Å². The molecule has 0 aliphatic heterocycles. The van der Waals surface area contributed by atoms with Gasteiger partial charge >= 0.3 is 0 Å². The fourth-order valence-corrected chi connectivity index (χ4v) is 3.72. The Morgan fingerprint density at radius 3 is 2.46 bits per heavy atom. The lowest BCUT2D eigenvalue weighted by Gasteiger charge is -2.23. The molecule has 1 aromatic carbocycles. The van der Waals surface area contributed by atoms with Gasteiger partial charge in [0.1, 0.15) is 6.04 Å². The Bertz CT molecular complexity index is 753. The molecule has 0 radical (unpaired) electrons. The summed E-state index contributed by atoms with van der Waals surface area (Å²) in [5.41, 5.74) is 2.35. The zero-order chi connectivity index (χ0) is 18.7. The molecule has 0 fully saturated rings. The third kappa shape index (κ3) is 3.71. The summed E-state index contributed by atoms with van der Waals surface area (Å²) in [7, 11) is 3.28. The predicted octanol–water partition coefficient (Wildman–Crippen LogP) is 3.90. The number of rotatable bonds is 7. The summed E-state index contributed by atoms with van der Waals surface area (Å²) in [6.07, 6.45) is 6.56. The second kappa shape index (κ2) is 7.85. The predicted molar refractivity (Wildman–Crippen MR) is 102 cm³/mol. The Morgan fingerprint density at radius 1 is 1.19 bits per heavy atom. The molecule has 26 heavy (non-hydrogen) atoms. The monoisotopic (exact) mass is 356 g/mol. The van der Waals surface area contributed by atoms with Crippen LogP contribution in [-0.2, 0) is 11.2 Å². The highest BCUT2D eigenvalue weighted by molar-refractivity contribution is 5.81. The number of nitrogens with one attached hydrogen (secondary N) is 1. The van der Waals surface area contributed by atoms with E-state index < -0.39 is 0 Å². The number of nitrogens with zero attached hydrogens (tertiary/aromatic N) is 1. The standard InChI is InChI=1S/C21H28N2O3/c1-14(2)11-18(23-9-5-6-10-23)21(24)22-17-8-7-15-12-19(25-3)20(26-4)13-16(15)17/h5-6,9-10,12-14,17-18H,7-8,11H2,1-4H3,(H,22,24)/t17-,18-/m0/s1. The number of hydrogen-bond donors (Lipinski definition) is 1. The first-order valence-corrected chi connectivity index (χ1v) is 9.21. The summed E-state index contributed by atoms with van der Waals surface area (Å²) in [6, 6.07) is 7.78. The average Bonchev–Trinajstić information content (AvgIpc) is 3.28.